The Balaban J connectivity index is 2.00. The number of nitrogens with zero attached hydrogens (tertiary/aromatic N) is 2. The number of aromatic nitrogens is 2. The van der Waals surface area contributed by atoms with E-state index in [0.29, 0.717) is 23.3 Å². The number of carbonyl (C=O) groups is 1. The van der Waals surface area contributed by atoms with Gasteiger partial charge in [0.15, 0.2) is 0 Å². The molecule has 0 amide bonds. The number of benzene rings is 1. The highest BCUT2D eigenvalue weighted by Crippen LogP contribution is 2.16. The molecule has 2 aromatic rings. The third-order valence-corrected chi connectivity index (χ3v) is 2.64. The van der Waals surface area contributed by atoms with Crippen LogP contribution >= 0.6 is 11.8 Å². The fourth-order valence-electron chi connectivity index (χ4n) is 1.24. The molecule has 0 unspecified atom stereocenters. The topological polar surface area (TPSA) is 56.0 Å². The van der Waals surface area contributed by atoms with Crippen molar-refractivity contribution < 1.29 is 9.21 Å². The van der Waals surface area contributed by atoms with E-state index in [-0.39, 0.29) is 0 Å². The van der Waals surface area contributed by atoms with Crippen molar-refractivity contribution in [3.8, 4) is 0 Å². The smallest absolute Gasteiger partial charge is 0.277 e. The maximum absolute atomic E-state index is 10.2. The third-order valence-electron chi connectivity index (χ3n) is 1.92. The first-order chi connectivity index (χ1) is 7.88. The molecule has 0 spiro atoms. The molecule has 2 rings (SSSR count). The van der Waals surface area contributed by atoms with E-state index in [4.69, 9.17) is 4.42 Å². The first-order valence-electron chi connectivity index (χ1n) is 4.81. The summed E-state index contributed by atoms with van der Waals surface area (Å²) >= 11 is 1.24. The van der Waals surface area contributed by atoms with Crippen LogP contribution in [0.15, 0.2) is 40.0 Å². The Morgan fingerprint density at radius 1 is 1.25 bits per heavy atom. The van der Waals surface area contributed by atoms with Gasteiger partial charge in [0.1, 0.15) is 6.29 Å². The molecule has 0 aliphatic rings. The van der Waals surface area contributed by atoms with E-state index in [9.17, 15) is 4.79 Å². The van der Waals surface area contributed by atoms with Gasteiger partial charge < -0.3 is 9.21 Å². The summed E-state index contributed by atoms with van der Waals surface area (Å²) < 4.78 is 5.37. The number of hydrogen-bond acceptors (Lipinski definition) is 5. The normalized spacial score (nSPS) is 10.2. The van der Waals surface area contributed by atoms with Crippen molar-refractivity contribution in [3.63, 3.8) is 0 Å². The molecule has 0 saturated heterocycles. The number of aldehydes is 1. The minimum Gasteiger partial charge on any atom is -0.416 e. The van der Waals surface area contributed by atoms with Crippen LogP contribution in [0.5, 0.6) is 0 Å². The van der Waals surface area contributed by atoms with Crippen molar-refractivity contribution >= 4 is 18.0 Å². The van der Waals surface area contributed by atoms with Crippen molar-refractivity contribution in [2.75, 3.05) is 5.75 Å². The number of carbonyl (C=O) groups excluding carboxylic acids is 1. The van der Waals surface area contributed by atoms with E-state index in [1.807, 2.05) is 30.3 Å². The van der Waals surface area contributed by atoms with Crippen molar-refractivity contribution in [3.05, 3.63) is 41.8 Å². The summed E-state index contributed by atoms with van der Waals surface area (Å²) in [5.41, 5.74) is 1.12. The Kier molecular flexibility index (Phi) is 3.71. The van der Waals surface area contributed by atoms with E-state index < -0.39 is 0 Å². The molecule has 0 aliphatic heterocycles. The first kappa shape index (κ1) is 10.9. The maximum atomic E-state index is 10.2. The summed E-state index contributed by atoms with van der Waals surface area (Å²) in [6.07, 6.45) is 1.43. The molecule has 0 bridgehead atoms. The van der Waals surface area contributed by atoms with Gasteiger partial charge in [0.2, 0.25) is 5.89 Å². The monoisotopic (exact) mass is 234 g/mol. The van der Waals surface area contributed by atoms with Gasteiger partial charge in [-0.3, -0.25) is 0 Å². The number of rotatable bonds is 5. The molecule has 0 atom stereocenters. The average Bonchev–Trinajstić information content (AvgIpc) is 2.75. The van der Waals surface area contributed by atoms with Crippen LogP contribution in [-0.4, -0.2) is 22.2 Å². The molecular weight excluding hydrogens is 224 g/mol. The average molecular weight is 234 g/mol. The zero-order chi connectivity index (χ0) is 11.2. The fraction of sp³-hybridized carbons (Fsp3) is 0.182. The third kappa shape index (κ3) is 2.93. The Morgan fingerprint density at radius 2 is 2.06 bits per heavy atom. The maximum Gasteiger partial charge on any atom is 0.277 e. The molecule has 1 aromatic heterocycles. The second kappa shape index (κ2) is 5.46. The molecular formula is C11H10N2O2S. The second-order valence-corrected chi connectivity index (χ2v) is 4.07. The van der Waals surface area contributed by atoms with Gasteiger partial charge >= 0.3 is 0 Å². The van der Waals surface area contributed by atoms with Crippen molar-refractivity contribution in [2.45, 2.75) is 11.6 Å². The number of hydrogen-bond donors (Lipinski definition) is 0. The molecule has 0 saturated carbocycles. The molecule has 1 heterocycles. The predicted octanol–water partition coefficient (Wildman–Crippen LogP) is 1.95. The summed E-state index contributed by atoms with van der Waals surface area (Å²) in [5.74, 6) is 0.909. The van der Waals surface area contributed by atoms with Crippen molar-refractivity contribution in [1.82, 2.24) is 10.2 Å². The molecule has 0 N–H and O–H groups in total. The molecule has 4 nitrogen and oxygen atoms in total. The second-order valence-electron chi connectivity index (χ2n) is 3.10. The van der Waals surface area contributed by atoms with E-state index in [0.717, 1.165) is 11.8 Å². The lowest BCUT2D eigenvalue weighted by atomic mass is 10.2. The van der Waals surface area contributed by atoms with Crippen LogP contribution in [0.1, 0.15) is 11.5 Å². The fourth-order valence-corrected chi connectivity index (χ4v) is 1.71. The number of thioether (sulfide) groups is 1. The van der Waals surface area contributed by atoms with Crippen molar-refractivity contribution in [1.29, 1.82) is 0 Å². The van der Waals surface area contributed by atoms with E-state index in [1.165, 1.54) is 11.8 Å². The van der Waals surface area contributed by atoms with Gasteiger partial charge in [0, 0.05) is 0 Å². The van der Waals surface area contributed by atoms with Crippen LogP contribution in [0.3, 0.4) is 0 Å². The standard InChI is InChI=1S/C11H10N2O2S/c14-6-7-16-11-13-12-10(15-11)8-9-4-2-1-3-5-9/h1-6H,7-8H2. The van der Waals surface area contributed by atoms with Gasteiger partial charge in [-0.25, -0.2) is 0 Å². The summed E-state index contributed by atoms with van der Waals surface area (Å²) in [7, 11) is 0. The van der Waals surface area contributed by atoms with E-state index in [2.05, 4.69) is 10.2 Å². The van der Waals surface area contributed by atoms with Crippen LogP contribution in [0.25, 0.3) is 0 Å². The zero-order valence-electron chi connectivity index (χ0n) is 8.50. The van der Waals surface area contributed by atoms with Gasteiger partial charge in [-0.2, -0.15) is 0 Å². The van der Waals surface area contributed by atoms with E-state index >= 15 is 0 Å². The molecule has 1 aromatic carbocycles. The van der Waals surface area contributed by atoms with Crippen LogP contribution in [0.2, 0.25) is 0 Å². The Labute approximate surface area is 97.1 Å². The van der Waals surface area contributed by atoms with Gasteiger partial charge in [-0.1, -0.05) is 42.1 Å². The molecule has 0 aliphatic carbocycles. The Bertz CT molecular complexity index is 456. The Hall–Kier alpha value is -1.62. The minimum atomic E-state index is 0.340. The van der Waals surface area contributed by atoms with Crippen LogP contribution < -0.4 is 0 Å². The van der Waals surface area contributed by atoms with Gasteiger partial charge in [0.25, 0.3) is 5.22 Å². The molecule has 82 valence electrons. The predicted molar refractivity (Wildman–Crippen MR) is 60.3 cm³/mol. The highest BCUT2D eigenvalue weighted by atomic mass is 32.2. The summed E-state index contributed by atoms with van der Waals surface area (Å²) in [4.78, 5) is 10.2. The van der Waals surface area contributed by atoms with Gasteiger partial charge in [0.05, 0.1) is 12.2 Å². The largest absolute Gasteiger partial charge is 0.416 e. The molecule has 16 heavy (non-hydrogen) atoms. The lowest BCUT2D eigenvalue weighted by Crippen LogP contribution is -1.87. The van der Waals surface area contributed by atoms with Crippen molar-refractivity contribution in [2.24, 2.45) is 0 Å². The summed E-state index contributed by atoms with van der Waals surface area (Å²) in [6.45, 7) is 0. The highest BCUT2D eigenvalue weighted by molar-refractivity contribution is 7.99. The van der Waals surface area contributed by atoms with Gasteiger partial charge in [-0.05, 0) is 5.56 Å². The SMILES string of the molecule is O=CCSc1nnc(Cc2ccccc2)o1. The summed E-state index contributed by atoms with van der Waals surface area (Å²) in [6, 6.07) is 9.90. The molecule has 0 radical (unpaired) electrons. The molecule has 5 heteroatoms. The van der Waals surface area contributed by atoms with Crippen LogP contribution in [0.4, 0.5) is 0 Å². The van der Waals surface area contributed by atoms with E-state index in [1.54, 1.807) is 0 Å². The lowest BCUT2D eigenvalue weighted by Gasteiger charge is -1.94. The van der Waals surface area contributed by atoms with Crippen LogP contribution in [-0.2, 0) is 11.2 Å². The lowest BCUT2D eigenvalue weighted by molar-refractivity contribution is -0.105. The first-order valence-corrected chi connectivity index (χ1v) is 5.80. The zero-order valence-corrected chi connectivity index (χ0v) is 9.31. The highest BCUT2D eigenvalue weighted by Gasteiger charge is 2.06. The Morgan fingerprint density at radius 3 is 2.81 bits per heavy atom. The summed E-state index contributed by atoms with van der Waals surface area (Å²) in [5, 5.41) is 8.19. The quantitative estimate of drug-likeness (QED) is 0.584. The minimum absolute atomic E-state index is 0.340. The molecule has 0 fully saturated rings. The van der Waals surface area contributed by atoms with Gasteiger partial charge in [-0.15, -0.1) is 10.2 Å². The van der Waals surface area contributed by atoms with Crippen LogP contribution in [0, 0.1) is 0 Å².